The molecule has 0 aromatic heterocycles. The topological polar surface area (TPSA) is 64.7 Å². The SMILES string of the molecule is C/C(=C\N=C(N)Cl)C(=O)OCc1ccccc1. The van der Waals surface area contributed by atoms with Crippen molar-refractivity contribution < 1.29 is 9.53 Å². The van der Waals surface area contributed by atoms with Gasteiger partial charge in [-0.1, -0.05) is 30.3 Å². The zero-order valence-electron chi connectivity index (χ0n) is 9.39. The number of ether oxygens (including phenoxy) is 1. The summed E-state index contributed by atoms with van der Waals surface area (Å²) in [5.41, 5.74) is 6.39. The number of carbonyl (C=O) groups is 1. The first-order valence-corrected chi connectivity index (χ1v) is 5.34. The first kappa shape index (κ1) is 13.3. The van der Waals surface area contributed by atoms with Crippen LogP contribution in [0.1, 0.15) is 12.5 Å². The van der Waals surface area contributed by atoms with Gasteiger partial charge in [0.2, 0.25) is 0 Å². The summed E-state index contributed by atoms with van der Waals surface area (Å²) in [6, 6.07) is 9.41. The van der Waals surface area contributed by atoms with Crippen molar-refractivity contribution in [1.29, 1.82) is 0 Å². The van der Waals surface area contributed by atoms with Gasteiger partial charge in [-0.2, -0.15) is 0 Å². The van der Waals surface area contributed by atoms with Crippen LogP contribution < -0.4 is 5.73 Å². The van der Waals surface area contributed by atoms with E-state index in [0.717, 1.165) is 5.56 Å². The molecule has 1 aromatic rings. The van der Waals surface area contributed by atoms with Crippen molar-refractivity contribution in [1.82, 2.24) is 0 Å². The van der Waals surface area contributed by atoms with Crippen LogP contribution in [0.4, 0.5) is 0 Å². The van der Waals surface area contributed by atoms with Gasteiger partial charge < -0.3 is 10.5 Å². The van der Waals surface area contributed by atoms with Crippen LogP contribution in [-0.4, -0.2) is 11.3 Å². The smallest absolute Gasteiger partial charge is 0.335 e. The average Bonchev–Trinajstić information content (AvgIpc) is 2.34. The van der Waals surface area contributed by atoms with Crippen molar-refractivity contribution in [3.63, 3.8) is 0 Å². The lowest BCUT2D eigenvalue weighted by atomic mass is 10.2. The Morgan fingerprint density at radius 1 is 1.47 bits per heavy atom. The van der Waals surface area contributed by atoms with E-state index in [-0.39, 0.29) is 11.9 Å². The van der Waals surface area contributed by atoms with E-state index < -0.39 is 5.97 Å². The Morgan fingerprint density at radius 3 is 2.71 bits per heavy atom. The maximum absolute atomic E-state index is 11.5. The minimum Gasteiger partial charge on any atom is -0.457 e. The van der Waals surface area contributed by atoms with Gasteiger partial charge in [-0.15, -0.1) is 0 Å². The van der Waals surface area contributed by atoms with Gasteiger partial charge in [-0.25, -0.2) is 9.79 Å². The molecule has 0 atom stereocenters. The molecule has 0 fully saturated rings. The third-order valence-corrected chi connectivity index (χ3v) is 2.01. The average molecular weight is 253 g/mol. The van der Waals surface area contributed by atoms with Gasteiger partial charge in [0.05, 0.1) is 5.57 Å². The van der Waals surface area contributed by atoms with Gasteiger partial charge in [0.25, 0.3) is 0 Å². The van der Waals surface area contributed by atoms with Crippen molar-refractivity contribution in [3.8, 4) is 0 Å². The fourth-order valence-electron chi connectivity index (χ4n) is 1.05. The van der Waals surface area contributed by atoms with Gasteiger partial charge >= 0.3 is 5.97 Å². The predicted octanol–water partition coefficient (Wildman–Crippen LogP) is 2.19. The summed E-state index contributed by atoms with van der Waals surface area (Å²) in [4.78, 5) is 15.1. The number of nitrogens with two attached hydrogens (primary N) is 1. The van der Waals surface area contributed by atoms with Crippen molar-refractivity contribution in [2.75, 3.05) is 0 Å². The minimum atomic E-state index is -0.449. The predicted molar refractivity (Wildman–Crippen MR) is 67.5 cm³/mol. The lowest BCUT2D eigenvalue weighted by Crippen LogP contribution is -2.06. The summed E-state index contributed by atoms with van der Waals surface area (Å²) >= 11 is 5.33. The van der Waals surface area contributed by atoms with E-state index in [0.29, 0.717) is 5.57 Å². The summed E-state index contributed by atoms with van der Waals surface area (Å²) < 4.78 is 5.06. The normalized spacial score (nSPS) is 12.4. The number of esters is 1. The Kier molecular flexibility index (Phi) is 5.23. The zero-order chi connectivity index (χ0) is 12.7. The summed E-state index contributed by atoms with van der Waals surface area (Å²) in [5.74, 6) is -0.449. The van der Waals surface area contributed by atoms with E-state index in [9.17, 15) is 4.79 Å². The number of hydrogen-bond acceptors (Lipinski definition) is 3. The van der Waals surface area contributed by atoms with Gasteiger partial charge in [0.15, 0.2) is 5.29 Å². The molecular formula is C12H13ClN2O2. The molecule has 0 aliphatic heterocycles. The van der Waals surface area contributed by atoms with E-state index >= 15 is 0 Å². The molecule has 0 spiro atoms. The number of carbonyl (C=O) groups excluding carboxylic acids is 1. The van der Waals surface area contributed by atoms with Crippen LogP contribution >= 0.6 is 11.6 Å². The van der Waals surface area contributed by atoms with Gasteiger partial charge in [-0.05, 0) is 24.1 Å². The highest BCUT2D eigenvalue weighted by molar-refractivity contribution is 6.64. The largest absolute Gasteiger partial charge is 0.457 e. The molecule has 5 heteroatoms. The van der Waals surface area contributed by atoms with E-state index in [1.54, 1.807) is 6.92 Å². The molecule has 1 rings (SSSR count). The second-order valence-corrected chi connectivity index (χ2v) is 3.71. The van der Waals surface area contributed by atoms with Crippen LogP contribution in [0.15, 0.2) is 47.1 Å². The van der Waals surface area contributed by atoms with E-state index in [2.05, 4.69) is 4.99 Å². The molecule has 90 valence electrons. The van der Waals surface area contributed by atoms with Crippen LogP contribution in [0.2, 0.25) is 0 Å². The molecule has 0 aliphatic rings. The Balaban J connectivity index is 2.50. The Morgan fingerprint density at radius 2 is 2.12 bits per heavy atom. The van der Waals surface area contributed by atoms with Gasteiger partial charge in [-0.3, -0.25) is 0 Å². The highest BCUT2D eigenvalue weighted by Gasteiger charge is 2.05. The number of rotatable bonds is 4. The Hall–Kier alpha value is -1.81. The second-order valence-electron chi connectivity index (χ2n) is 3.33. The van der Waals surface area contributed by atoms with E-state index in [1.807, 2.05) is 30.3 Å². The number of nitrogens with zero attached hydrogens (tertiary/aromatic N) is 1. The molecule has 0 aliphatic carbocycles. The highest BCUT2D eigenvalue weighted by Crippen LogP contribution is 2.04. The Labute approximate surface area is 105 Å². The third-order valence-electron chi connectivity index (χ3n) is 1.92. The molecular weight excluding hydrogens is 240 g/mol. The van der Waals surface area contributed by atoms with Gasteiger partial charge in [0, 0.05) is 6.20 Å². The minimum absolute atomic E-state index is 0.125. The van der Waals surface area contributed by atoms with Crippen LogP contribution in [0.3, 0.4) is 0 Å². The molecule has 1 aromatic carbocycles. The highest BCUT2D eigenvalue weighted by atomic mass is 35.5. The summed E-state index contributed by atoms with van der Waals surface area (Å²) in [7, 11) is 0. The van der Waals surface area contributed by atoms with Gasteiger partial charge in [0.1, 0.15) is 6.61 Å². The fraction of sp³-hybridized carbons (Fsp3) is 0.167. The zero-order valence-corrected chi connectivity index (χ0v) is 10.1. The molecule has 0 amide bonds. The number of hydrogen-bond donors (Lipinski definition) is 1. The van der Waals surface area contributed by atoms with Crippen LogP contribution in [0.25, 0.3) is 0 Å². The van der Waals surface area contributed by atoms with Crippen molar-refractivity contribution >= 4 is 22.9 Å². The number of aliphatic imine (C=N–C) groups is 1. The monoisotopic (exact) mass is 252 g/mol. The second kappa shape index (κ2) is 6.70. The number of benzene rings is 1. The van der Waals surface area contributed by atoms with Crippen LogP contribution in [0, 0.1) is 0 Å². The maximum Gasteiger partial charge on any atom is 0.335 e. The van der Waals surface area contributed by atoms with Crippen molar-refractivity contribution in [2.24, 2.45) is 10.7 Å². The molecule has 0 saturated heterocycles. The quantitative estimate of drug-likeness (QED) is 0.294. The first-order valence-electron chi connectivity index (χ1n) is 4.96. The molecule has 0 heterocycles. The molecule has 0 bridgehead atoms. The summed E-state index contributed by atoms with van der Waals surface area (Å²) in [5, 5.41) is -0.125. The molecule has 2 N–H and O–H groups in total. The molecule has 17 heavy (non-hydrogen) atoms. The third kappa shape index (κ3) is 5.17. The first-order chi connectivity index (χ1) is 8.09. The maximum atomic E-state index is 11.5. The van der Waals surface area contributed by atoms with Crippen molar-refractivity contribution in [3.05, 3.63) is 47.7 Å². The lowest BCUT2D eigenvalue weighted by molar-refractivity contribution is -0.140. The summed E-state index contributed by atoms with van der Waals surface area (Å²) in [6.07, 6.45) is 1.27. The lowest BCUT2D eigenvalue weighted by Gasteiger charge is -2.04. The van der Waals surface area contributed by atoms with E-state index in [1.165, 1.54) is 6.20 Å². The molecule has 4 nitrogen and oxygen atoms in total. The van der Waals surface area contributed by atoms with Crippen molar-refractivity contribution in [2.45, 2.75) is 13.5 Å². The van der Waals surface area contributed by atoms with E-state index in [4.69, 9.17) is 22.1 Å². The molecule has 0 saturated carbocycles. The number of halogens is 1. The summed E-state index contributed by atoms with van der Waals surface area (Å²) in [6.45, 7) is 1.81. The standard InChI is InChI=1S/C12H13ClN2O2/c1-9(7-15-12(13)14)11(16)17-8-10-5-3-2-4-6-10/h2-7H,8H2,1H3,(H2,14,15)/b9-7+. The van der Waals surface area contributed by atoms with Crippen LogP contribution in [0.5, 0.6) is 0 Å². The van der Waals surface area contributed by atoms with Crippen LogP contribution in [-0.2, 0) is 16.1 Å². The molecule has 0 unspecified atom stereocenters. The fourth-order valence-corrected chi connectivity index (χ4v) is 1.10. The number of amidine groups is 1. The Bertz CT molecular complexity index is 437. The molecule has 0 radical (unpaired) electrons.